The molecule has 0 fully saturated rings. The molecule has 0 saturated heterocycles. The molecule has 1 aromatic rings. The second-order valence-electron chi connectivity index (χ2n) is 3.50. The molecule has 0 bridgehead atoms. The Morgan fingerprint density at radius 2 is 2.23 bits per heavy atom. The Morgan fingerprint density at radius 1 is 1.38 bits per heavy atom. The van der Waals surface area contributed by atoms with Gasteiger partial charge >= 0.3 is 0 Å². The van der Waals surface area contributed by atoms with E-state index in [1.54, 1.807) is 0 Å². The number of nitrogens with one attached hydrogen (secondary N) is 3. The summed E-state index contributed by atoms with van der Waals surface area (Å²) in [5, 5.41) is 6.72. The van der Waals surface area contributed by atoms with Crippen molar-refractivity contribution in [2.75, 3.05) is 13.1 Å². The number of hydrogen-bond donors (Lipinski definition) is 3. The highest BCUT2D eigenvalue weighted by Gasteiger charge is 1.92. The third-order valence-corrected chi connectivity index (χ3v) is 1.85. The van der Waals surface area contributed by atoms with Gasteiger partial charge in [0, 0.05) is 38.1 Å². The fourth-order valence-electron chi connectivity index (χ4n) is 1.15. The first-order chi connectivity index (χ1) is 6.29. The summed E-state index contributed by atoms with van der Waals surface area (Å²) in [7, 11) is 0. The van der Waals surface area contributed by atoms with Crippen molar-refractivity contribution in [3.05, 3.63) is 24.0 Å². The van der Waals surface area contributed by atoms with Crippen LogP contribution in [0, 0.1) is 0 Å². The van der Waals surface area contributed by atoms with Gasteiger partial charge in [0.1, 0.15) is 0 Å². The summed E-state index contributed by atoms with van der Waals surface area (Å²) < 4.78 is 0. The average molecular weight is 181 g/mol. The maximum Gasteiger partial charge on any atom is 0.0220 e. The zero-order chi connectivity index (χ0) is 9.52. The first-order valence-corrected chi connectivity index (χ1v) is 4.85. The lowest BCUT2D eigenvalue weighted by Crippen LogP contribution is -2.31. The van der Waals surface area contributed by atoms with Crippen LogP contribution in [-0.2, 0) is 6.54 Å². The molecule has 74 valence electrons. The van der Waals surface area contributed by atoms with Crippen LogP contribution in [0.5, 0.6) is 0 Å². The van der Waals surface area contributed by atoms with Gasteiger partial charge in [0.15, 0.2) is 0 Å². The lowest BCUT2D eigenvalue weighted by molar-refractivity contribution is 0.556. The van der Waals surface area contributed by atoms with Crippen molar-refractivity contribution >= 4 is 0 Å². The minimum Gasteiger partial charge on any atom is -0.367 e. The van der Waals surface area contributed by atoms with Gasteiger partial charge in [-0.05, 0) is 11.6 Å². The van der Waals surface area contributed by atoms with E-state index in [0.29, 0.717) is 6.04 Å². The van der Waals surface area contributed by atoms with Gasteiger partial charge in [-0.15, -0.1) is 0 Å². The van der Waals surface area contributed by atoms with Crippen LogP contribution in [0.25, 0.3) is 0 Å². The summed E-state index contributed by atoms with van der Waals surface area (Å²) in [5.41, 5.74) is 1.31. The van der Waals surface area contributed by atoms with E-state index in [1.165, 1.54) is 5.56 Å². The number of H-pyrrole nitrogens is 1. The topological polar surface area (TPSA) is 39.8 Å². The number of aromatic amines is 1. The van der Waals surface area contributed by atoms with E-state index >= 15 is 0 Å². The SMILES string of the molecule is CC(C)NCCNCc1cc[nH]c1. The molecule has 0 atom stereocenters. The highest BCUT2D eigenvalue weighted by atomic mass is 15.0. The Hall–Kier alpha value is -0.800. The molecular weight excluding hydrogens is 162 g/mol. The molecule has 0 unspecified atom stereocenters. The lowest BCUT2D eigenvalue weighted by Gasteiger charge is -2.08. The number of rotatable bonds is 6. The minimum atomic E-state index is 0.578. The fourth-order valence-corrected chi connectivity index (χ4v) is 1.15. The summed E-state index contributed by atoms with van der Waals surface area (Å²) in [4.78, 5) is 3.03. The quantitative estimate of drug-likeness (QED) is 0.575. The second-order valence-corrected chi connectivity index (χ2v) is 3.50. The van der Waals surface area contributed by atoms with Crippen molar-refractivity contribution in [3.8, 4) is 0 Å². The van der Waals surface area contributed by atoms with Gasteiger partial charge in [0.25, 0.3) is 0 Å². The molecule has 0 radical (unpaired) electrons. The third kappa shape index (κ3) is 4.70. The van der Waals surface area contributed by atoms with Crippen LogP contribution in [-0.4, -0.2) is 24.1 Å². The number of hydrogen-bond acceptors (Lipinski definition) is 2. The molecule has 0 aliphatic heterocycles. The smallest absolute Gasteiger partial charge is 0.0220 e. The molecular formula is C10H19N3. The van der Waals surface area contributed by atoms with Gasteiger partial charge in [-0.25, -0.2) is 0 Å². The minimum absolute atomic E-state index is 0.578. The molecule has 1 rings (SSSR count). The van der Waals surface area contributed by atoms with Crippen molar-refractivity contribution in [1.29, 1.82) is 0 Å². The van der Waals surface area contributed by atoms with Crippen LogP contribution < -0.4 is 10.6 Å². The van der Waals surface area contributed by atoms with Crippen molar-refractivity contribution in [2.24, 2.45) is 0 Å². The molecule has 0 saturated carbocycles. The molecule has 13 heavy (non-hydrogen) atoms. The van der Waals surface area contributed by atoms with Gasteiger partial charge in [-0.1, -0.05) is 13.8 Å². The van der Waals surface area contributed by atoms with E-state index in [2.05, 4.69) is 35.5 Å². The van der Waals surface area contributed by atoms with E-state index in [0.717, 1.165) is 19.6 Å². The van der Waals surface area contributed by atoms with Crippen LogP contribution >= 0.6 is 0 Å². The summed E-state index contributed by atoms with van der Waals surface area (Å²) in [6.45, 7) is 7.31. The van der Waals surface area contributed by atoms with Crippen LogP contribution in [0.3, 0.4) is 0 Å². The highest BCUT2D eigenvalue weighted by molar-refractivity contribution is 5.07. The molecule has 3 N–H and O–H groups in total. The summed E-state index contributed by atoms with van der Waals surface area (Å²) in [5.74, 6) is 0. The average Bonchev–Trinajstić information content (AvgIpc) is 2.55. The Balaban J connectivity index is 1.96. The number of aromatic nitrogens is 1. The Bertz CT molecular complexity index is 204. The molecule has 0 aliphatic carbocycles. The normalized spacial score (nSPS) is 11.0. The molecule has 0 amide bonds. The van der Waals surface area contributed by atoms with Crippen molar-refractivity contribution in [2.45, 2.75) is 26.4 Å². The van der Waals surface area contributed by atoms with Gasteiger partial charge in [-0.3, -0.25) is 0 Å². The monoisotopic (exact) mass is 181 g/mol. The van der Waals surface area contributed by atoms with Crippen LogP contribution in [0.2, 0.25) is 0 Å². The standard InChI is InChI=1S/C10H19N3/c1-9(2)13-6-5-12-8-10-3-4-11-7-10/h3-4,7,9,11-13H,5-6,8H2,1-2H3. The molecule has 3 heteroatoms. The predicted molar refractivity (Wildman–Crippen MR) is 55.6 cm³/mol. The Morgan fingerprint density at radius 3 is 2.85 bits per heavy atom. The van der Waals surface area contributed by atoms with Gasteiger partial charge in [-0.2, -0.15) is 0 Å². The molecule has 0 spiro atoms. The maximum atomic E-state index is 3.36. The summed E-state index contributed by atoms with van der Waals surface area (Å²) in [6, 6.07) is 2.66. The van der Waals surface area contributed by atoms with Gasteiger partial charge < -0.3 is 15.6 Å². The molecule has 0 aromatic carbocycles. The Labute approximate surface area is 79.9 Å². The first kappa shape index (κ1) is 10.3. The van der Waals surface area contributed by atoms with Crippen LogP contribution in [0.15, 0.2) is 18.5 Å². The van der Waals surface area contributed by atoms with E-state index in [9.17, 15) is 0 Å². The molecule has 1 heterocycles. The Kier molecular flexibility index (Phi) is 4.57. The largest absolute Gasteiger partial charge is 0.367 e. The van der Waals surface area contributed by atoms with Crippen LogP contribution in [0.1, 0.15) is 19.4 Å². The van der Waals surface area contributed by atoms with Crippen molar-refractivity contribution in [3.63, 3.8) is 0 Å². The maximum absolute atomic E-state index is 3.36. The third-order valence-electron chi connectivity index (χ3n) is 1.85. The van der Waals surface area contributed by atoms with E-state index < -0.39 is 0 Å². The van der Waals surface area contributed by atoms with E-state index in [1.807, 2.05) is 12.4 Å². The van der Waals surface area contributed by atoms with Crippen LogP contribution in [0.4, 0.5) is 0 Å². The lowest BCUT2D eigenvalue weighted by atomic mass is 10.3. The van der Waals surface area contributed by atoms with E-state index in [4.69, 9.17) is 0 Å². The van der Waals surface area contributed by atoms with Gasteiger partial charge in [0.2, 0.25) is 0 Å². The molecule has 3 nitrogen and oxygen atoms in total. The van der Waals surface area contributed by atoms with Gasteiger partial charge in [0.05, 0.1) is 0 Å². The predicted octanol–water partition coefficient (Wildman–Crippen LogP) is 1.10. The van der Waals surface area contributed by atoms with Crippen molar-refractivity contribution in [1.82, 2.24) is 15.6 Å². The van der Waals surface area contributed by atoms with Crippen molar-refractivity contribution < 1.29 is 0 Å². The highest BCUT2D eigenvalue weighted by Crippen LogP contribution is 1.93. The zero-order valence-electron chi connectivity index (χ0n) is 8.43. The summed E-state index contributed by atoms with van der Waals surface area (Å²) in [6.07, 6.45) is 3.96. The first-order valence-electron chi connectivity index (χ1n) is 4.85. The molecule has 0 aliphatic rings. The summed E-state index contributed by atoms with van der Waals surface area (Å²) >= 11 is 0. The second kappa shape index (κ2) is 5.78. The zero-order valence-corrected chi connectivity index (χ0v) is 8.43. The fraction of sp³-hybridized carbons (Fsp3) is 0.600. The van der Waals surface area contributed by atoms with E-state index in [-0.39, 0.29) is 0 Å². The molecule has 1 aromatic heterocycles.